The van der Waals surface area contributed by atoms with Gasteiger partial charge in [0.2, 0.25) is 0 Å². The maximum atomic E-state index is 13.9. The lowest BCUT2D eigenvalue weighted by atomic mass is 10.2. The number of imidazole rings is 1. The molecule has 0 bridgehead atoms. The molecule has 20 heavy (non-hydrogen) atoms. The number of nitrogen functional groups attached to an aromatic ring is 1. The van der Waals surface area contributed by atoms with Gasteiger partial charge in [-0.05, 0) is 37.1 Å². The van der Waals surface area contributed by atoms with Crippen molar-refractivity contribution in [1.29, 1.82) is 0 Å². The zero-order valence-electron chi connectivity index (χ0n) is 10.8. The summed E-state index contributed by atoms with van der Waals surface area (Å²) >= 11 is 0. The van der Waals surface area contributed by atoms with Crippen LogP contribution in [0.4, 0.5) is 10.2 Å². The minimum absolute atomic E-state index is 0.286. The maximum absolute atomic E-state index is 13.9. The van der Waals surface area contributed by atoms with Crippen LogP contribution in [0.15, 0.2) is 36.5 Å². The van der Waals surface area contributed by atoms with Gasteiger partial charge >= 0.3 is 0 Å². The van der Waals surface area contributed by atoms with Crippen molar-refractivity contribution >= 4 is 16.9 Å². The number of hydrogen-bond donors (Lipinski definition) is 1. The van der Waals surface area contributed by atoms with Crippen molar-refractivity contribution in [2.24, 2.45) is 0 Å². The van der Waals surface area contributed by atoms with E-state index in [9.17, 15) is 4.39 Å². The Bertz CT molecular complexity index is 787. The van der Waals surface area contributed by atoms with Crippen molar-refractivity contribution in [1.82, 2.24) is 14.5 Å². The van der Waals surface area contributed by atoms with E-state index in [0.29, 0.717) is 17.4 Å². The van der Waals surface area contributed by atoms with Crippen LogP contribution in [0.25, 0.3) is 22.4 Å². The molecule has 3 aromatic rings. The normalized spacial score (nSPS) is 14.8. The average molecular weight is 268 g/mol. The highest BCUT2D eigenvalue weighted by molar-refractivity contribution is 5.81. The number of nitrogens with zero attached hydrogens (tertiary/aromatic N) is 3. The lowest BCUT2D eigenvalue weighted by Gasteiger charge is -2.07. The highest BCUT2D eigenvalue weighted by Gasteiger charge is 2.29. The van der Waals surface area contributed by atoms with Gasteiger partial charge in [-0.15, -0.1) is 0 Å². The molecule has 100 valence electrons. The number of rotatable bonds is 2. The molecule has 4 rings (SSSR count). The standard InChI is InChI=1S/C15H13FN4/c16-11-2-1-3-12-14(11)19-15(20(12)10-5-6-10)9-4-7-13(17)18-8-9/h1-4,7-8,10H,5-6H2,(H2,17,18). The molecule has 2 N–H and O–H groups in total. The monoisotopic (exact) mass is 268 g/mol. The molecule has 1 saturated carbocycles. The number of nitrogens with two attached hydrogens (primary N) is 1. The first-order valence-corrected chi connectivity index (χ1v) is 6.62. The number of aromatic nitrogens is 3. The first kappa shape index (κ1) is 11.4. The smallest absolute Gasteiger partial charge is 0.151 e. The summed E-state index contributed by atoms with van der Waals surface area (Å²) in [4.78, 5) is 8.58. The number of anilines is 1. The van der Waals surface area contributed by atoms with Crippen LogP contribution in [-0.2, 0) is 0 Å². The highest BCUT2D eigenvalue weighted by Crippen LogP contribution is 2.41. The van der Waals surface area contributed by atoms with Crippen LogP contribution in [0.2, 0.25) is 0 Å². The zero-order chi connectivity index (χ0) is 13.7. The lowest BCUT2D eigenvalue weighted by molar-refractivity contribution is 0.637. The third kappa shape index (κ3) is 1.66. The molecule has 0 saturated heterocycles. The summed E-state index contributed by atoms with van der Waals surface area (Å²) in [7, 11) is 0. The van der Waals surface area contributed by atoms with Crippen LogP contribution < -0.4 is 5.73 Å². The molecule has 2 heterocycles. The van der Waals surface area contributed by atoms with E-state index in [0.717, 1.165) is 29.7 Å². The van der Waals surface area contributed by atoms with Gasteiger partial charge in [-0.25, -0.2) is 14.4 Å². The second-order valence-corrected chi connectivity index (χ2v) is 5.12. The fourth-order valence-electron chi connectivity index (χ4n) is 2.53. The Kier molecular flexibility index (Phi) is 2.30. The Morgan fingerprint density at radius 1 is 1.20 bits per heavy atom. The van der Waals surface area contributed by atoms with E-state index in [-0.39, 0.29) is 5.82 Å². The fourth-order valence-corrected chi connectivity index (χ4v) is 2.53. The van der Waals surface area contributed by atoms with Crippen LogP contribution in [0.3, 0.4) is 0 Å². The van der Waals surface area contributed by atoms with E-state index in [4.69, 9.17) is 5.73 Å². The number of para-hydroxylation sites is 1. The Balaban J connectivity index is 2.00. The van der Waals surface area contributed by atoms with E-state index in [2.05, 4.69) is 14.5 Å². The Labute approximate surface area is 115 Å². The van der Waals surface area contributed by atoms with Crippen molar-refractivity contribution in [3.63, 3.8) is 0 Å². The zero-order valence-corrected chi connectivity index (χ0v) is 10.8. The molecule has 1 fully saturated rings. The van der Waals surface area contributed by atoms with Crippen LogP contribution in [0, 0.1) is 5.82 Å². The van der Waals surface area contributed by atoms with Crippen molar-refractivity contribution in [3.8, 4) is 11.4 Å². The van der Waals surface area contributed by atoms with Gasteiger partial charge in [-0.1, -0.05) is 6.07 Å². The summed E-state index contributed by atoms with van der Waals surface area (Å²) in [5, 5.41) is 0. The minimum atomic E-state index is -0.286. The summed E-state index contributed by atoms with van der Waals surface area (Å²) in [6, 6.07) is 9.11. The molecule has 0 radical (unpaired) electrons. The predicted octanol–water partition coefficient (Wildman–Crippen LogP) is 3.15. The predicted molar refractivity (Wildman–Crippen MR) is 75.6 cm³/mol. The van der Waals surface area contributed by atoms with Crippen molar-refractivity contribution in [3.05, 3.63) is 42.3 Å². The third-order valence-corrected chi connectivity index (χ3v) is 3.63. The third-order valence-electron chi connectivity index (χ3n) is 3.63. The molecule has 1 aromatic carbocycles. The van der Waals surface area contributed by atoms with E-state index in [1.54, 1.807) is 18.3 Å². The molecule has 4 nitrogen and oxygen atoms in total. The summed E-state index contributed by atoms with van der Waals surface area (Å²) in [5.41, 5.74) is 7.75. The summed E-state index contributed by atoms with van der Waals surface area (Å²) < 4.78 is 16.0. The quantitative estimate of drug-likeness (QED) is 0.776. The van der Waals surface area contributed by atoms with Gasteiger partial charge in [0.1, 0.15) is 17.2 Å². The molecular formula is C15H13FN4. The number of hydrogen-bond acceptors (Lipinski definition) is 3. The molecule has 0 amide bonds. The maximum Gasteiger partial charge on any atom is 0.151 e. The number of halogens is 1. The summed E-state index contributed by atoms with van der Waals surface area (Å²) in [6.07, 6.45) is 3.90. The van der Waals surface area contributed by atoms with Gasteiger partial charge in [-0.2, -0.15) is 0 Å². The minimum Gasteiger partial charge on any atom is -0.384 e. The second kappa shape index (κ2) is 4.03. The van der Waals surface area contributed by atoms with E-state index in [1.807, 2.05) is 12.1 Å². The summed E-state index contributed by atoms with van der Waals surface area (Å²) in [6.45, 7) is 0. The second-order valence-electron chi connectivity index (χ2n) is 5.12. The summed E-state index contributed by atoms with van der Waals surface area (Å²) in [5.74, 6) is 0.945. The van der Waals surface area contributed by atoms with Gasteiger partial charge < -0.3 is 10.3 Å². The van der Waals surface area contributed by atoms with Gasteiger partial charge in [0.05, 0.1) is 5.52 Å². The highest BCUT2D eigenvalue weighted by atomic mass is 19.1. The molecule has 2 aromatic heterocycles. The number of pyridine rings is 1. The van der Waals surface area contributed by atoms with Crippen LogP contribution >= 0.6 is 0 Å². The Morgan fingerprint density at radius 2 is 2.05 bits per heavy atom. The molecule has 0 atom stereocenters. The average Bonchev–Trinajstić information content (AvgIpc) is 3.21. The van der Waals surface area contributed by atoms with Gasteiger partial charge in [0.15, 0.2) is 5.82 Å². The van der Waals surface area contributed by atoms with Crippen molar-refractivity contribution in [2.75, 3.05) is 5.73 Å². The van der Waals surface area contributed by atoms with Crippen molar-refractivity contribution in [2.45, 2.75) is 18.9 Å². The van der Waals surface area contributed by atoms with E-state index >= 15 is 0 Å². The Morgan fingerprint density at radius 3 is 2.75 bits per heavy atom. The van der Waals surface area contributed by atoms with E-state index in [1.165, 1.54) is 6.07 Å². The van der Waals surface area contributed by atoms with E-state index < -0.39 is 0 Å². The van der Waals surface area contributed by atoms with Crippen LogP contribution in [0.5, 0.6) is 0 Å². The molecular weight excluding hydrogens is 255 g/mol. The van der Waals surface area contributed by atoms with Crippen LogP contribution in [-0.4, -0.2) is 14.5 Å². The van der Waals surface area contributed by atoms with Crippen LogP contribution in [0.1, 0.15) is 18.9 Å². The van der Waals surface area contributed by atoms with Crippen molar-refractivity contribution < 1.29 is 4.39 Å². The molecule has 1 aliphatic carbocycles. The van der Waals surface area contributed by atoms with Gasteiger partial charge in [-0.3, -0.25) is 0 Å². The fraction of sp³-hybridized carbons (Fsp3) is 0.200. The number of fused-ring (bicyclic) bond motifs is 1. The lowest BCUT2D eigenvalue weighted by Crippen LogP contribution is -1.98. The molecule has 5 heteroatoms. The van der Waals surface area contributed by atoms with Gasteiger partial charge in [0.25, 0.3) is 0 Å². The molecule has 1 aliphatic rings. The molecule has 0 aliphatic heterocycles. The molecule has 0 unspecified atom stereocenters. The topological polar surface area (TPSA) is 56.7 Å². The SMILES string of the molecule is Nc1ccc(-c2nc3c(F)cccc3n2C2CC2)cn1. The number of benzene rings is 1. The van der Waals surface area contributed by atoms with Gasteiger partial charge in [0, 0.05) is 17.8 Å². The first-order valence-electron chi connectivity index (χ1n) is 6.62. The molecule has 0 spiro atoms. The largest absolute Gasteiger partial charge is 0.384 e. The Hall–Kier alpha value is -2.43. The first-order chi connectivity index (χ1) is 9.74.